The Balaban J connectivity index is 2.02. The highest BCUT2D eigenvalue weighted by Gasteiger charge is 2.36. The number of alkyl halides is 3. The first-order valence-corrected chi connectivity index (χ1v) is 11.7. The second-order valence-electron chi connectivity index (χ2n) is 9.11. The first-order chi connectivity index (χ1) is 17.9. The summed E-state index contributed by atoms with van der Waals surface area (Å²) in [7, 11) is 0. The minimum atomic E-state index is -4.92. The topological polar surface area (TPSA) is 83.1 Å². The molecule has 0 spiro atoms. The van der Waals surface area contributed by atoms with Crippen molar-refractivity contribution in [2.45, 2.75) is 33.5 Å². The molecule has 0 saturated heterocycles. The lowest BCUT2D eigenvalue weighted by Crippen LogP contribution is -2.29. The highest BCUT2D eigenvalue weighted by Crippen LogP contribution is 2.37. The maximum absolute atomic E-state index is 14.0. The summed E-state index contributed by atoms with van der Waals surface area (Å²) in [5.74, 6) is -1.11. The number of aromatic carboxylic acids is 1. The Labute approximate surface area is 217 Å². The Kier molecular flexibility index (Phi) is 6.97. The van der Waals surface area contributed by atoms with Crippen LogP contribution in [0.15, 0.2) is 71.5 Å². The van der Waals surface area contributed by atoms with Gasteiger partial charge in [0.15, 0.2) is 0 Å². The summed E-state index contributed by atoms with van der Waals surface area (Å²) >= 11 is 0. The van der Waals surface area contributed by atoms with Gasteiger partial charge in [0.1, 0.15) is 11.6 Å². The number of hydrogen-bond donors (Lipinski definition) is 1. The van der Waals surface area contributed by atoms with Crippen LogP contribution in [-0.4, -0.2) is 15.6 Å². The third-order valence-corrected chi connectivity index (χ3v) is 6.57. The molecule has 0 fully saturated rings. The van der Waals surface area contributed by atoms with Gasteiger partial charge in [-0.05, 0) is 66.8 Å². The van der Waals surface area contributed by atoms with Gasteiger partial charge in [-0.2, -0.15) is 18.4 Å². The third kappa shape index (κ3) is 4.96. The number of hydrogen-bond acceptors (Lipinski definition) is 3. The van der Waals surface area contributed by atoms with Crippen LogP contribution in [0, 0.1) is 32.1 Å². The number of benzene rings is 3. The molecule has 0 unspecified atom stereocenters. The molecule has 0 amide bonds. The zero-order valence-corrected chi connectivity index (χ0v) is 20.8. The highest BCUT2D eigenvalue weighted by atomic mass is 19.4. The molecule has 1 aromatic heterocycles. The fraction of sp³-hybridized carbons (Fsp3) is 0.167. The fourth-order valence-corrected chi connectivity index (χ4v) is 4.60. The summed E-state index contributed by atoms with van der Waals surface area (Å²) in [5, 5.41) is 18.9. The maximum atomic E-state index is 14.0. The second-order valence-corrected chi connectivity index (χ2v) is 9.11. The molecule has 0 aliphatic heterocycles. The van der Waals surface area contributed by atoms with Crippen LogP contribution in [0.25, 0.3) is 22.4 Å². The molecule has 38 heavy (non-hydrogen) atoms. The predicted octanol–water partition coefficient (Wildman–Crippen LogP) is 6.74. The molecule has 192 valence electrons. The van der Waals surface area contributed by atoms with Crippen molar-refractivity contribution in [3.63, 3.8) is 0 Å². The number of pyridine rings is 1. The summed E-state index contributed by atoms with van der Waals surface area (Å²) < 4.78 is 43.2. The Morgan fingerprint density at radius 2 is 1.66 bits per heavy atom. The number of nitriles is 1. The van der Waals surface area contributed by atoms with Crippen LogP contribution in [0.1, 0.15) is 43.7 Å². The van der Waals surface area contributed by atoms with Crippen LogP contribution in [-0.2, 0) is 12.7 Å². The zero-order valence-electron chi connectivity index (χ0n) is 20.8. The summed E-state index contributed by atoms with van der Waals surface area (Å²) in [6.07, 6.45) is -4.92. The minimum Gasteiger partial charge on any atom is -0.478 e. The molecule has 1 N–H and O–H groups in total. The molecule has 0 saturated carbocycles. The van der Waals surface area contributed by atoms with Gasteiger partial charge in [-0.15, -0.1) is 0 Å². The van der Waals surface area contributed by atoms with E-state index >= 15 is 0 Å². The number of halogens is 3. The van der Waals surface area contributed by atoms with Crippen LogP contribution in [0.5, 0.6) is 0 Å². The maximum Gasteiger partial charge on any atom is 0.417 e. The molecule has 0 aliphatic carbocycles. The van der Waals surface area contributed by atoms with Crippen molar-refractivity contribution in [1.82, 2.24) is 4.57 Å². The van der Waals surface area contributed by atoms with Crippen LogP contribution < -0.4 is 5.56 Å². The van der Waals surface area contributed by atoms with E-state index in [1.165, 1.54) is 22.8 Å². The fourth-order valence-electron chi connectivity index (χ4n) is 4.60. The van der Waals surface area contributed by atoms with Gasteiger partial charge in [-0.25, -0.2) is 4.79 Å². The number of carbonyl (C=O) groups is 1. The number of rotatable bonds is 5. The van der Waals surface area contributed by atoms with Gasteiger partial charge in [-0.1, -0.05) is 54.1 Å². The molecule has 0 bridgehead atoms. The molecule has 0 radical (unpaired) electrons. The number of aromatic nitrogens is 1. The van der Waals surface area contributed by atoms with Crippen LogP contribution >= 0.6 is 0 Å². The number of nitrogens with zero attached hydrogens (tertiary/aromatic N) is 2. The van der Waals surface area contributed by atoms with Crippen molar-refractivity contribution < 1.29 is 23.1 Å². The lowest BCUT2D eigenvalue weighted by atomic mass is 9.92. The van der Waals surface area contributed by atoms with E-state index in [4.69, 9.17) is 0 Å². The van der Waals surface area contributed by atoms with E-state index in [0.29, 0.717) is 22.3 Å². The molecule has 5 nitrogen and oxygen atoms in total. The average molecular weight is 517 g/mol. The van der Waals surface area contributed by atoms with Gasteiger partial charge in [0.2, 0.25) is 0 Å². The molecular weight excluding hydrogens is 493 g/mol. The Hall–Kier alpha value is -4.64. The van der Waals surface area contributed by atoms with Gasteiger partial charge >= 0.3 is 12.1 Å². The molecule has 3 aromatic carbocycles. The minimum absolute atomic E-state index is 0.00930. The van der Waals surface area contributed by atoms with E-state index < -0.39 is 28.8 Å². The molecule has 1 heterocycles. The monoisotopic (exact) mass is 516 g/mol. The zero-order chi connectivity index (χ0) is 27.8. The van der Waals surface area contributed by atoms with Gasteiger partial charge in [0.05, 0.1) is 23.4 Å². The number of aryl methyl sites for hydroxylation is 2. The molecule has 4 rings (SSSR count). The second kappa shape index (κ2) is 10.0. The Morgan fingerprint density at radius 1 is 0.974 bits per heavy atom. The van der Waals surface area contributed by atoms with Gasteiger partial charge in [-0.3, -0.25) is 4.79 Å². The summed E-state index contributed by atoms with van der Waals surface area (Å²) in [6, 6.07) is 19.1. The third-order valence-electron chi connectivity index (χ3n) is 6.57. The van der Waals surface area contributed by atoms with Crippen molar-refractivity contribution in [2.24, 2.45) is 0 Å². The summed E-state index contributed by atoms with van der Waals surface area (Å²) in [6.45, 7) is 5.43. The summed E-state index contributed by atoms with van der Waals surface area (Å²) in [4.78, 5) is 24.9. The number of carboxylic acid groups (broad SMARTS) is 1. The quantitative estimate of drug-likeness (QED) is 0.318. The molecule has 0 aliphatic rings. The normalized spacial score (nSPS) is 11.3. The van der Waals surface area contributed by atoms with Crippen molar-refractivity contribution in [2.75, 3.05) is 0 Å². The molecule has 8 heteroatoms. The van der Waals surface area contributed by atoms with E-state index in [1.54, 1.807) is 37.3 Å². The standard InChI is InChI=1S/C30H23F3N2O3/c1-17-10-11-22(18(2)12-17)16-35-27(14-26(30(31,32)33)25(15-34)28(35)36)24-9-5-8-23(19(24)3)20-6-4-7-21(13-20)29(37)38/h4-14H,16H2,1-3H3,(H,37,38). The van der Waals surface area contributed by atoms with E-state index in [-0.39, 0.29) is 17.8 Å². The van der Waals surface area contributed by atoms with Crippen LogP contribution in [0.2, 0.25) is 0 Å². The summed E-state index contributed by atoms with van der Waals surface area (Å²) in [5.41, 5.74) is 1.46. The van der Waals surface area contributed by atoms with Crippen LogP contribution in [0.4, 0.5) is 13.2 Å². The van der Waals surface area contributed by atoms with Gasteiger partial charge in [0.25, 0.3) is 5.56 Å². The first-order valence-electron chi connectivity index (χ1n) is 11.7. The smallest absolute Gasteiger partial charge is 0.417 e. The van der Waals surface area contributed by atoms with Crippen molar-refractivity contribution >= 4 is 5.97 Å². The molecule has 4 aromatic rings. The highest BCUT2D eigenvalue weighted by molar-refractivity contribution is 5.90. The predicted molar refractivity (Wildman–Crippen MR) is 138 cm³/mol. The SMILES string of the molecule is Cc1ccc(Cn2c(-c3cccc(-c4cccc(C(=O)O)c4)c3C)cc(C(F)(F)F)c(C#N)c2=O)c(C)c1. The number of carboxylic acids is 1. The van der Waals surface area contributed by atoms with Crippen molar-refractivity contribution in [3.05, 3.63) is 116 Å². The van der Waals surface area contributed by atoms with Gasteiger partial charge in [0, 0.05) is 5.56 Å². The van der Waals surface area contributed by atoms with E-state index in [2.05, 4.69) is 0 Å². The molecular formula is C30H23F3N2O3. The van der Waals surface area contributed by atoms with Crippen LogP contribution in [0.3, 0.4) is 0 Å². The first kappa shape index (κ1) is 26.4. The van der Waals surface area contributed by atoms with E-state index in [9.17, 15) is 33.1 Å². The Morgan fingerprint density at radius 3 is 2.29 bits per heavy atom. The average Bonchev–Trinajstić information content (AvgIpc) is 2.86. The largest absolute Gasteiger partial charge is 0.478 e. The van der Waals surface area contributed by atoms with Crippen molar-refractivity contribution in [1.29, 1.82) is 5.26 Å². The van der Waals surface area contributed by atoms with E-state index in [1.807, 2.05) is 32.0 Å². The molecule has 0 atom stereocenters. The lowest BCUT2D eigenvalue weighted by molar-refractivity contribution is -0.137. The lowest BCUT2D eigenvalue weighted by Gasteiger charge is -2.21. The van der Waals surface area contributed by atoms with Crippen molar-refractivity contribution in [3.8, 4) is 28.5 Å². The Bertz CT molecular complexity index is 1680. The van der Waals surface area contributed by atoms with E-state index in [0.717, 1.165) is 22.8 Å². The van der Waals surface area contributed by atoms with Gasteiger partial charge < -0.3 is 9.67 Å².